The van der Waals surface area contributed by atoms with E-state index in [1.165, 1.54) is 10.0 Å². The van der Waals surface area contributed by atoms with Gasteiger partial charge in [0, 0.05) is 18.7 Å². The van der Waals surface area contributed by atoms with Gasteiger partial charge in [0.25, 0.3) is 5.91 Å². The van der Waals surface area contributed by atoms with Crippen molar-refractivity contribution in [1.29, 1.82) is 0 Å². The van der Waals surface area contributed by atoms with E-state index < -0.39 is 11.8 Å². The normalized spacial score (nSPS) is 21.3. The Morgan fingerprint density at radius 1 is 0.968 bits per heavy atom. The molecular formula is C24H26N4O3. The molecule has 0 aromatic heterocycles. The summed E-state index contributed by atoms with van der Waals surface area (Å²) in [5, 5.41) is 11.9. The number of hydrazone groups is 2. The van der Waals surface area contributed by atoms with Gasteiger partial charge in [-0.15, -0.1) is 0 Å². The summed E-state index contributed by atoms with van der Waals surface area (Å²) in [4.78, 5) is 26.5. The average molecular weight is 418 g/mol. The third-order valence-corrected chi connectivity index (χ3v) is 5.61. The summed E-state index contributed by atoms with van der Waals surface area (Å²) < 4.78 is 5.52. The molecule has 2 aliphatic heterocycles. The van der Waals surface area contributed by atoms with Gasteiger partial charge < -0.3 is 4.74 Å². The van der Waals surface area contributed by atoms with Gasteiger partial charge in [0.1, 0.15) is 5.75 Å². The molecule has 2 atom stereocenters. The molecular weight excluding hydrogens is 392 g/mol. The summed E-state index contributed by atoms with van der Waals surface area (Å²) in [5.41, 5.74) is 3.05. The van der Waals surface area contributed by atoms with Crippen molar-refractivity contribution >= 4 is 28.9 Å². The molecule has 0 radical (unpaired) electrons. The van der Waals surface area contributed by atoms with Gasteiger partial charge >= 0.3 is 0 Å². The lowest BCUT2D eigenvalue weighted by atomic mass is 9.81. The van der Waals surface area contributed by atoms with Crippen molar-refractivity contribution in [2.45, 2.75) is 27.2 Å². The first-order valence-electron chi connectivity index (χ1n) is 10.6. The SMILES string of the molecule is CCOc1ccc(C2=NN(CC)C(=O)[C@H]([C@@H]3C(=O)N(c4ccccc4)N=C3C)C2)cc1. The third-order valence-electron chi connectivity index (χ3n) is 5.61. The van der Waals surface area contributed by atoms with E-state index in [9.17, 15) is 9.59 Å². The van der Waals surface area contributed by atoms with Gasteiger partial charge in [0.05, 0.1) is 29.8 Å². The molecule has 0 spiro atoms. The van der Waals surface area contributed by atoms with E-state index in [1.807, 2.05) is 75.4 Å². The maximum absolute atomic E-state index is 13.3. The Morgan fingerprint density at radius 2 is 1.68 bits per heavy atom. The molecule has 2 aromatic rings. The molecule has 2 heterocycles. The number of anilines is 1. The molecule has 160 valence electrons. The van der Waals surface area contributed by atoms with Crippen LogP contribution in [0.25, 0.3) is 0 Å². The smallest absolute Gasteiger partial charge is 0.257 e. The Kier molecular flexibility index (Phi) is 5.84. The van der Waals surface area contributed by atoms with Crippen LogP contribution in [-0.4, -0.2) is 41.4 Å². The largest absolute Gasteiger partial charge is 0.494 e. The summed E-state index contributed by atoms with van der Waals surface area (Å²) in [5.74, 6) is -0.667. The van der Waals surface area contributed by atoms with Crippen molar-refractivity contribution in [1.82, 2.24) is 5.01 Å². The van der Waals surface area contributed by atoms with Crippen LogP contribution in [-0.2, 0) is 9.59 Å². The molecule has 7 nitrogen and oxygen atoms in total. The number of benzene rings is 2. The predicted molar refractivity (Wildman–Crippen MR) is 120 cm³/mol. The fourth-order valence-electron chi connectivity index (χ4n) is 4.09. The highest BCUT2D eigenvalue weighted by Crippen LogP contribution is 2.34. The van der Waals surface area contributed by atoms with Crippen molar-refractivity contribution in [3.8, 4) is 5.75 Å². The number of hydrogen-bond acceptors (Lipinski definition) is 5. The zero-order valence-electron chi connectivity index (χ0n) is 18.0. The van der Waals surface area contributed by atoms with Gasteiger partial charge in [-0.05, 0) is 62.7 Å². The molecule has 4 rings (SSSR count). The predicted octanol–water partition coefficient (Wildman–Crippen LogP) is 3.70. The summed E-state index contributed by atoms with van der Waals surface area (Å²) in [7, 11) is 0. The van der Waals surface area contributed by atoms with Crippen molar-refractivity contribution in [3.63, 3.8) is 0 Å². The van der Waals surface area contributed by atoms with Crippen LogP contribution in [0.5, 0.6) is 5.75 Å². The summed E-state index contributed by atoms with van der Waals surface area (Å²) in [6.07, 6.45) is 0.384. The second kappa shape index (κ2) is 8.71. The zero-order chi connectivity index (χ0) is 22.0. The molecule has 0 unspecified atom stereocenters. The molecule has 31 heavy (non-hydrogen) atoms. The lowest BCUT2D eigenvalue weighted by Gasteiger charge is -2.31. The van der Waals surface area contributed by atoms with Crippen molar-refractivity contribution < 1.29 is 14.3 Å². The van der Waals surface area contributed by atoms with Crippen LogP contribution in [0.4, 0.5) is 5.69 Å². The quantitative estimate of drug-likeness (QED) is 0.718. The number of para-hydroxylation sites is 1. The molecule has 0 N–H and O–H groups in total. The Bertz CT molecular complexity index is 1030. The highest BCUT2D eigenvalue weighted by atomic mass is 16.5. The van der Waals surface area contributed by atoms with Gasteiger partial charge in [-0.1, -0.05) is 18.2 Å². The van der Waals surface area contributed by atoms with Crippen LogP contribution in [0, 0.1) is 11.8 Å². The Balaban J connectivity index is 1.62. The van der Waals surface area contributed by atoms with Crippen LogP contribution in [0.2, 0.25) is 0 Å². The molecule has 0 bridgehead atoms. The molecule has 7 heteroatoms. The van der Waals surface area contributed by atoms with E-state index in [4.69, 9.17) is 4.74 Å². The standard InChI is InChI=1S/C24H26N4O3/c1-4-27-23(29)20(15-21(26-27)17-11-13-19(14-12-17)31-5-2)22-16(3)25-28(24(22)30)18-9-7-6-8-10-18/h6-14,20,22H,4-5,15H2,1-3H3/t20-,22+/m0/s1. The first-order chi connectivity index (χ1) is 15.0. The highest BCUT2D eigenvalue weighted by molar-refractivity contribution is 6.18. The molecule has 0 fully saturated rings. The van der Waals surface area contributed by atoms with Crippen LogP contribution in [0.3, 0.4) is 0 Å². The summed E-state index contributed by atoms with van der Waals surface area (Å²) in [6.45, 7) is 6.68. The Morgan fingerprint density at radius 3 is 2.32 bits per heavy atom. The number of carbonyl (C=O) groups excluding carboxylic acids is 2. The Hall–Kier alpha value is -3.48. The third kappa shape index (κ3) is 3.95. The Labute approximate surface area is 182 Å². The van der Waals surface area contributed by atoms with Crippen LogP contribution in [0.15, 0.2) is 64.8 Å². The maximum Gasteiger partial charge on any atom is 0.257 e. The maximum atomic E-state index is 13.3. The van der Waals surface area contributed by atoms with E-state index in [0.717, 1.165) is 17.0 Å². The van der Waals surface area contributed by atoms with Crippen molar-refractivity contribution in [2.75, 3.05) is 18.2 Å². The van der Waals surface area contributed by atoms with Gasteiger partial charge in [0.15, 0.2) is 0 Å². The van der Waals surface area contributed by atoms with Gasteiger partial charge in [-0.3, -0.25) is 9.59 Å². The van der Waals surface area contributed by atoms with E-state index >= 15 is 0 Å². The monoisotopic (exact) mass is 418 g/mol. The van der Waals surface area contributed by atoms with Crippen molar-refractivity contribution in [3.05, 3.63) is 60.2 Å². The zero-order valence-corrected chi connectivity index (χ0v) is 18.0. The lowest BCUT2D eigenvalue weighted by Crippen LogP contribution is -2.46. The van der Waals surface area contributed by atoms with Crippen LogP contribution < -0.4 is 9.75 Å². The molecule has 0 saturated heterocycles. The minimum atomic E-state index is -0.602. The van der Waals surface area contributed by atoms with Gasteiger partial charge in [0.2, 0.25) is 5.91 Å². The first-order valence-corrected chi connectivity index (χ1v) is 10.6. The molecule has 0 aliphatic carbocycles. The van der Waals surface area contributed by atoms with Gasteiger partial charge in [-0.2, -0.15) is 10.2 Å². The molecule has 2 aromatic carbocycles. The van der Waals surface area contributed by atoms with E-state index in [0.29, 0.717) is 31.0 Å². The lowest BCUT2D eigenvalue weighted by molar-refractivity contribution is -0.139. The highest BCUT2D eigenvalue weighted by Gasteiger charge is 2.46. The van der Waals surface area contributed by atoms with Crippen LogP contribution in [0.1, 0.15) is 32.8 Å². The second-order valence-corrected chi connectivity index (χ2v) is 7.57. The molecule has 0 saturated carbocycles. The average Bonchev–Trinajstić information content (AvgIpc) is 3.09. The first kappa shape index (κ1) is 20.8. The molecule has 2 amide bonds. The van der Waals surface area contributed by atoms with Crippen molar-refractivity contribution in [2.24, 2.45) is 22.0 Å². The number of ether oxygens (including phenoxy) is 1. The minimum Gasteiger partial charge on any atom is -0.494 e. The number of amides is 2. The topological polar surface area (TPSA) is 74.6 Å². The van der Waals surface area contributed by atoms with E-state index in [1.54, 1.807) is 0 Å². The number of hydrogen-bond donors (Lipinski definition) is 0. The number of rotatable bonds is 6. The number of carbonyl (C=O) groups is 2. The minimum absolute atomic E-state index is 0.139. The fourth-order valence-corrected chi connectivity index (χ4v) is 4.09. The van der Waals surface area contributed by atoms with E-state index in [-0.39, 0.29) is 11.8 Å². The fraction of sp³-hybridized carbons (Fsp3) is 0.333. The summed E-state index contributed by atoms with van der Waals surface area (Å²) in [6, 6.07) is 17.0. The molecule has 2 aliphatic rings. The summed E-state index contributed by atoms with van der Waals surface area (Å²) >= 11 is 0. The van der Waals surface area contributed by atoms with E-state index in [2.05, 4.69) is 10.2 Å². The van der Waals surface area contributed by atoms with Gasteiger partial charge in [-0.25, -0.2) is 10.0 Å². The number of nitrogens with zero attached hydrogens (tertiary/aromatic N) is 4. The van der Waals surface area contributed by atoms with Crippen LogP contribution >= 0.6 is 0 Å². The second-order valence-electron chi connectivity index (χ2n) is 7.57.